The Bertz CT molecular complexity index is 410. The van der Waals surface area contributed by atoms with Gasteiger partial charge in [0.15, 0.2) is 11.9 Å². The van der Waals surface area contributed by atoms with Gasteiger partial charge in [0.25, 0.3) is 0 Å². The molecule has 0 fully saturated rings. The van der Waals surface area contributed by atoms with Crippen LogP contribution in [0.5, 0.6) is 0 Å². The first kappa shape index (κ1) is 8.83. The van der Waals surface area contributed by atoms with Gasteiger partial charge in [-0.1, -0.05) is 18.2 Å². The van der Waals surface area contributed by atoms with Crippen molar-refractivity contribution < 1.29 is 5.11 Å². The quantitative estimate of drug-likeness (QED) is 0.711. The van der Waals surface area contributed by atoms with Crippen molar-refractivity contribution in [1.29, 1.82) is 0 Å². The Kier molecular flexibility index (Phi) is 2.24. The zero-order valence-electron chi connectivity index (χ0n) is 7.66. The zero-order valence-corrected chi connectivity index (χ0v) is 7.66. The van der Waals surface area contributed by atoms with Gasteiger partial charge >= 0.3 is 0 Å². The zero-order chi connectivity index (χ0) is 9.97. The molecule has 0 saturated carbocycles. The van der Waals surface area contributed by atoms with E-state index in [2.05, 4.69) is 15.5 Å². The highest BCUT2D eigenvalue weighted by Gasteiger charge is 2.13. The van der Waals surface area contributed by atoms with E-state index in [1.807, 2.05) is 30.3 Å². The molecule has 0 saturated heterocycles. The van der Waals surface area contributed by atoms with Crippen molar-refractivity contribution in [2.24, 2.45) is 0 Å². The highest BCUT2D eigenvalue weighted by molar-refractivity contribution is 5.30. The molecule has 0 aliphatic carbocycles. The van der Waals surface area contributed by atoms with Gasteiger partial charge in [0.05, 0.1) is 5.69 Å². The summed E-state index contributed by atoms with van der Waals surface area (Å²) in [5.41, 5.74) is 0.801. The van der Waals surface area contributed by atoms with E-state index < -0.39 is 6.10 Å². The minimum absolute atomic E-state index is 0.330. The van der Waals surface area contributed by atoms with Gasteiger partial charge < -0.3 is 0 Å². The lowest BCUT2D eigenvalue weighted by Crippen LogP contribution is -2.05. The maximum Gasteiger partial charge on any atom is 0.188 e. The van der Waals surface area contributed by atoms with E-state index in [-0.39, 0.29) is 0 Å². The fraction of sp³-hybridized carbons (Fsp3) is 0.222. The molecule has 5 heteroatoms. The number of rotatable bonds is 2. The molecule has 1 aromatic carbocycles. The molecule has 1 heterocycles. The standard InChI is InChI=1S/C9H9N4O/c1-7(14)9-10-11-12-13(9)8-5-3-2-4-6-8/h2-7H,1H3. The predicted octanol–water partition coefficient (Wildman–Crippen LogP) is 1.15. The average molecular weight is 189 g/mol. The van der Waals surface area contributed by atoms with Crippen LogP contribution < -0.4 is 0 Å². The van der Waals surface area contributed by atoms with Crippen LogP contribution >= 0.6 is 0 Å². The molecule has 1 radical (unpaired) electrons. The number of para-hydroxylation sites is 1. The van der Waals surface area contributed by atoms with Gasteiger partial charge in [0.1, 0.15) is 0 Å². The van der Waals surface area contributed by atoms with E-state index in [9.17, 15) is 5.11 Å². The summed E-state index contributed by atoms with van der Waals surface area (Å²) >= 11 is 0. The molecular weight excluding hydrogens is 180 g/mol. The van der Waals surface area contributed by atoms with E-state index in [0.29, 0.717) is 5.82 Å². The van der Waals surface area contributed by atoms with Crippen LogP contribution in [0.4, 0.5) is 0 Å². The Morgan fingerprint density at radius 2 is 2.00 bits per heavy atom. The fourth-order valence-electron chi connectivity index (χ4n) is 1.20. The van der Waals surface area contributed by atoms with Crippen molar-refractivity contribution in [3.8, 4) is 5.69 Å². The molecule has 1 atom stereocenters. The molecule has 1 unspecified atom stereocenters. The van der Waals surface area contributed by atoms with Gasteiger partial charge in [-0.05, 0) is 29.5 Å². The van der Waals surface area contributed by atoms with Gasteiger partial charge in [0, 0.05) is 0 Å². The highest BCUT2D eigenvalue weighted by Crippen LogP contribution is 2.12. The topological polar surface area (TPSA) is 63.5 Å². The maximum absolute atomic E-state index is 11.2. The number of benzene rings is 1. The lowest BCUT2D eigenvalue weighted by Gasteiger charge is -2.03. The average Bonchev–Trinajstić information content (AvgIpc) is 2.67. The normalized spacial score (nSPS) is 12.7. The third-order valence-corrected chi connectivity index (χ3v) is 1.86. The molecule has 0 aliphatic heterocycles. The van der Waals surface area contributed by atoms with Gasteiger partial charge in [-0.25, -0.2) is 5.11 Å². The third kappa shape index (κ3) is 1.49. The molecule has 1 aromatic heterocycles. The summed E-state index contributed by atoms with van der Waals surface area (Å²) in [4.78, 5) is 0. The Balaban J connectivity index is 2.47. The van der Waals surface area contributed by atoms with Crippen molar-refractivity contribution in [2.45, 2.75) is 13.0 Å². The van der Waals surface area contributed by atoms with Crippen molar-refractivity contribution in [1.82, 2.24) is 20.2 Å². The molecule has 14 heavy (non-hydrogen) atoms. The monoisotopic (exact) mass is 189 g/mol. The number of hydrogen-bond donors (Lipinski definition) is 0. The number of tetrazole rings is 1. The number of aromatic nitrogens is 4. The molecule has 0 spiro atoms. The van der Waals surface area contributed by atoms with Crippen LogP contribution in [0.2, 0.25) is 0 Å². The number of nitrogens with zero attached hydrogens (tertiary/aromatic N) is 4. The first-order valence-corrected chi connectivity index (χ1v) is 4.28. The second-order valence-corrected chi connectivity index (χ2v) is 2.93. The van der Waals surface area contributed by atoms with Crippen LogP contribution in [0.15, 0.2) is 30.3 Å². The van der Waals surface area contributed by atoms with E-state index in [4.69, 9.17) is 0 Å². The van der Waals surface area contributed by atoms with Gasteiger partial charge in [-0.2, -0.15) is 4.68 Å². The molecule has 0 bridgehead atoms. The lowest BCUT2D eigenvalue weighted by atomic mass is 10.3. The Labute approximate surface area is 81.0 Å². The smallest absolute Gasteiger partial charge is 0.188 e. The fourth-order valence-corrected chi connectivity index (χ4v) is 1.20. The first-order valence-electron chi connectivity index (χ1n) is 4.28. The summed E-state index contributed by atoms with van der Waals surface area (Å²) in [6.07, 6.45) is -0.926. The summed E-state index contributed by atoms with van der Waals surface area (Å²) < 4.78 is 1.46. The summed E-state index contributed by atoms with van der Waals surface area (Å²) in [5.74, 6) is 0.330. The van der Waals surface area contributed by atoms with Crippen LogP contribution in [0, 0.1) is 0 Å². The number of hydrogen-bond acceptors (Lipinski definition) is 3. The van der Waals surface area contributed by atoms with Crippen LogP contribution in [0.25, 0.3) is 5.69 Å². The van der Waals surface area contributed by atoms with Crippen molar-refractivity contribution >= 4 is 0 Å². The molecule has 71 valence electrons. The lowest BCUT2D eigenvalue weighted by molar-refractivity contribution is 0.0960. The molecular formula is C9H9N4O. The van der Waals surface area contributed by atoms with Crippen LogP contribution in [0.1, 0.15) is 18.9 Å². The summed E-state index contributed by atoms with van der Waals surface area (Å²) in [5, 5.41) is 22.1. The Morgan fingerprint density at radius 3 is 2.64 bits per heavy atom. The minimum Gasteiger partial charge on any atom is -0.225 e. The van der Waals surface area contributed by atoms with Crippen molar-refractivity contribution in [3.05, 3.63) is 36.2 Å². The molecule has 0 N–H and O–H groups in total. The van der Waals surface area contributed by atoms with Crippen molar-refractivity contribution in [2.75, 3.05) is 0 Å². The van der Waals surface area contributed by atoms with Gasteiger partial charge in [-0.15, -0.1) is 5.10 Å². The Morgan fingerprint density at radius 1 is 1.29 bits per heavy atom. The van der Waals surface area contributed by atoms with E-state index in [0.717, 1.165) is 5.69 Å². The van der Waals surface area contributed by atoms with E-state index in [1.165, 1.54) is 11.6 Å². The first-order chi connectivity index (χ1) is 6.79. The molecule has 2 aromatic rings. The second kappa shape index (κ2) is 3.55. The summed E-state index contributed by atoms with van der Waals surface area (Å²) in [7, 11) is 0. The van der Waals surface area contributed by atoms with Gasteiger partial charge in [0.2, 0.25) is 0 Å². The molecule has 0 amide bonds. The predicted molar refractivity (Wildman–Crippen MR) is 48.3 cm³/mol. The van der Waals surface area contributed by atoms with Crippen molar-refractivity contribution in [3.63, 3.8) is 0 Å². The molecule has 0 aliphatic rings. The minimum atomic E-state index is -0.926. The van der Waals surface area contributed by atoms with E-state index in [1.54, 1.807) is 0 Å². The highest BCUT2D eigenvalue weighted by atomic mass is 16.3. The summed E-state index contributed by atoms with van der Waals surface area (Å²) in [6.45, 7) is 1.52. The molecule has 5 nitrogen and oxygen atoms in total. The largest absolute Gasteiger partial charge is 0.225 e. The van der Waals surface area contributed by atoms with Gasteiger partial charge in [-0.3, -0.25) is 0 Å². The molecule has 2 rings (SSSR count). The second-order valence-electron chi connectivity index (χ2n) is 2.93. The maximum atomic E-state index is 11.2. The van der Waals surface area contributed by atoms with Crippen LogP contribution in [-0.4, -0.2) is 20.2 Å². The van der Waals surface area contributed by atoms with Crippen LogP contribution in [0.3, 0.4) is 0 Å². The SMILES string of the molecule is CC([O])c1nnnn1-c1ccccc1. The van der Waals surface area contributed by atoms with Crippen LogP contribution in [-0.2, 0) is 5.11 Å². The summed E-state index contributed by atoms with van der Waals surface area (Å²) in [6, 6.07) is 9.34. The van der Waals surface area contributed by atoms with E-state index >= 15 is 0 Å². The Hall–Kier alpha value is -1.75. The third-order valence-electron chi connectivity index (χ3n) is 1.86.